The number of hydrogen-bond acceptors (Lipinski definition) is 6. The van der Waals surface area contributed by atoms with Crippen LogP contribution in [0.15, 0.2) is 65.6 Å². The fraction of sp³-hybridized carbons (Fsp3) is 0.261. The molecule has 2 rings (SSSR count). The summed E-state index contributed by atoms with van der Waals surface area (Å²) in [5.41, 5.74) is 1.34. The lowest BCUT2D eigenvalue weighted by Crippen LogP contribution is -2.35. The van der Waals surface area contributed by atoms with Crippen LogP contribution < -0.4 is 5.32 Å². The number of nitrogens with zero attached hydrogens (tertiary/aromatic N) is 1. The summed E-state index contributed by atoms with van der Waals surface area (Å²) in [5, 5.41) is 2.16. The Labute approximate surface area is 187 Å². The Morgan fingerprint density at radius 1 is 0.938 bits per heavy atom. The summed E-state index contributed by atoms with van der Waals surface area (Å²) in [6.07, 6.45) is 2.60. The lowest BCUT2D eigenvalue weighted by Gasteiger charge is -2.18. The number of sulfonamides is 1. The molecule has 1 N–H and O–H groups in total. The van der Waals surface area contributed by atoms with Gasteiger partial charge in [-0.1, -0.05) is 56.3 Å². The van der Waals surface area contributed by atoms with E-state index in [0.29, 0.717) is 18.7 Å². The van der Waals surface area contributed by atoms with Crippen LogP contribution in [0.25, 0.3) is 6.08 Å². The number of benzene rings is 2. The predicted octanol–water partition coefficient (Wildman–Crippen LogP) is 2.16. The van der Waals surface area contributed by atoms with E-state index in [2.05, 4.69) is 5.32 Å². The third-order valence-corrected chi connectivity index (χ3v) is 6.53. The van der Waals surface area contributed by atoms with Gasteiger partial charge in [0.05, 0.1) is 11.3 Å². The van der Waals surface area contributed by atoms with Gasteiger partial charge in [-0.15, -0.1) is 0 Å². The molecule has 2 aromatic carbocycles. The molecule has 0 bridgehead atoms. The van der Waals surface area contributed by atoms with Crippen molar-refractivity contribution in [3.05, 3.63) is 71.8 Å². The van der Waals surface area contributed by atoms with E-state index in [1.807, 2.05) is 6.07 Å². The summed E-state index contributed by atoms with van der Waals surface area (Å²) in [7, 11) is -3.55. The number of amides is 2. The third kappa shape index (κ3) is 7.44. The van der Waals surface area contributed by atoms with Crippen molar-refractivity contribution in [3.63, 3.8) is 0 Å². The summed E-state index contributed by atoms with van der Waals surface area (Å²) < 4.78 is 31.1. The number of imide groups is 1. The van der Waals surface area contributed by atoms with Crippen molar-refractivity contribution in [2.24, 2.45) is 0 Å². The maximum absolute atomic E-state index is 12.5. The van der Waals surface area contributed by atoms with Gasteiger partial charge in [-0.2, -0.15) is 4.31 Å². The fourth-order valence-corrected chi connectivity index (χ4v) is 4.29. The average molecular weight is 459 g/mol. The van der Waals surface area contributed by atoms with Gasteiger partial charge < -0.3 is 4.74 Å². The molecular formula is C23H26N2O6S. The topological polar surface area (TPSA) is 110 Å². The highest BCUT2D eigenvalue weighted by Crippen LogP contribution is 2.16. The summed E-state index contributed by atoms with van der Waals surface area (Å²) in [6.45, 7) is 3.69. The maximum Gasteiger partial charge on any atom is 0.331 e. The van der Waals surface area contributed by atoms with Crippen LogP contribution in [-0.4, -0.2) is 50.2 Å². The number of carbonyl (C=O) groups is 3. The normalized spacial score (nSPS) is 11.5. The second kappa shape index (κ2) is 11.9. The Kier molecular flexibility index (Phi) is 9.30. The van der Waals surface area contributed by atoms with Gasteiger partial charge >= 0.3 is 5.97 Å². The van der Waals surface area contributed by atoms with E-state index in [0.717, 1.165) is 11.6 Å². The first-order chi connectivity index (χ1) is 15.3. The van der Waals surface area contributed by atoms with Crippen molar-refractivity contribution >= 4 is 33.9 Å². The van der Waals surface area contributed by atoms with E-state index in [-0.39, 0.29) is 11.3 Å². The smallest absolute Gasteiger partial charge is 0.331 e. The SMILES string of the molecule is CCN(CC)S(=O)(=O)c1ccc(/C=C/C(=O)OCC(=O)NC(=O)Cc2ccccc2)cc1. The van der Waals surface area contributed by atoms with Crippen molar-refractivity contribution in [2.45, 2.75) is 25.2 Å². The highest BCUT2D eigenvalue weighted by molar-refractivity contribution is 7.89. The predicted molar refractivity (Wildman–Crippen MR) is 120 cm³/mol. The van der Waals surface area contributed by atoms with Crippen LogP contribution in [0.3, 0.4) is 0 Å². The molecule has 0 aliphatic rings. The van der Waals surface area contributed by atoms with Crippen LogP contribution in [0, 0.1) is 0 Å². The maximum atomic E-state index is 12.5. The number of carbonyl (C=O) groups excluding carboxylic acids is 3. The van der Waals surface area contributed by atoms with Gasteiger partial charge in [-0.05, 0) is 29.3 Å². The number of hydrogen-bond donors (Lipinski definition) is 1. The second-order valence-electron chi connectivity index (χ2n) is 6.73. The standard InChI is InChI=1S/C23H26N2O6S/c1-3-25(4-2)32(29,30)20-13-10-18(11-14-20)12-15-23(28)31-17-22(27)24-21(26)16-19-8-6-5-7-9-19/h5-15H,3-4,16-17H2,1-2H3,(H,24,26,27)/b15-12+. The van der Waals surface area contributed by atoms with E-state index in [1.54, 1.807) is 50.2 Å². The van der Waals surface area contributed by atoms with Gasteiger partial charge in [-0.25, -0.2) is 13.2 Å². The van der Waals surface area contributed by atoms with Crippen LogP contribution in [0.2, 0.25) is 0 Å². The Balaban J connectivity index is 1.83. The minimum absolute atomic E-state index is 0.0421. The molecule has 2 aromatic rings. The number of nitrogens with one attached hydrogen (secondary N) is 1. The summed E-state index contributed by atoms with van der Waals surface area (Å²) in [6, 6.07) is 15.0. The van der Waals surface area contributed by atoms with Crippen molar-refractivity contribution in [1.82, 2.24) is 9.62 Å². The zero-order valence-corrected chi connectivity index (χ0v) is 18.8. The van der Waals surface area contributed by atoms with Gasteiger partial charge in [-0.3, -0.25) is 14.9 Å². The quantitative estimate of drug-likeness (QED) is 0.432. The second-order valence-corrected chi connectivity index (χ2v) is 8.67. The van der Waals surface area contributed by atoms with Crippen molar-refractivity contribution < 1.29 is 27.5 Å². The lowest BCUT2D eigenvalue weighted by molar-refractivity contribution is -0.145. The molecule has 0 aliphatic carbocycles. The zero-order valence-electron chi connectivity index (χ0n) is 18.0. The molecule has 0 spiro atoms. The number of rotatable bonds is 10. The van der Waals surface area contributed by atoms with Gasteiger partial charge in [0.15, 0.2) is 6.61 Å². The number of ether oxygens (including phenoxy) is 1. The molecule has 0 saturated carbocycles. The Bertz CT molecular complexity index is 1060. The van der Waals surface area contributed by atoms with Crippen LogP contribution in [0.5, 0.6) is 0 Å². The Morgan fingerprint density at radius 3 is 2.16 bits per heavy atom. The van der Waals surface area contributed by atoms with Crippen LogP contribution in [-0.2, 0) is 35.6 Å². The van der Waals surface area contributed by atoms with Gasteiger partial charge in [0.2, 0.25) is 15.9 Å². The molecule has 0 fully saturated rings. The molecule has 0 atom stereocenters. The molecule has 8 nitrogen and oxygen atoms in total. The highest BCUT2D eigenvalue weighted by Gasteiger charge is 2.21. The molecule has 170 valence electrons. The summed E-state index contributed by atoms with van der Waals surface area (Å²) >= 11 is 0. The minimum atomic E-state index is -3.55. The van der Waals surface area contributed by atoms with E-state index < -0.39 is 34.4 Å². The largest absolute Gasteiger partial charge is 0.452 e. The minimum Gasteiger partial charge on any atom is -0.452 e. The monoisotopic (exact) mass is 458 g/mol. The van der Waals surface area contributed by atoms with E-state index in [4.69, 9.17) is 4.74 Å². The first-order valence-electron chi connectivity index (χ1n) is 10.1. The Hall–Kier alpha value is -3.30. The molecule has 0 aliphatic heterocycles. The van der Waals surface area contributed by atoms with E-state index in [9.17, 15) is 22.8 Å². The zero-order chi connectivity index (χ0) is 23.6. The van der Waals surface area contributed by atoms with Crippen molar-refractivity contribution in [1.29, 1.82) is 0 Å². The van der Waals surface area contributed by atoms with Crippen LogP contribution in [0.4, 0.5) is 0 Å². The molecule has 0 aromatic heterocycles. The lowest BCUT2D eigenvalue weighted by atomic mass is 10.1. The molecular weight excluding hydrogens is 432 g/mol. The Morgan fingerprint density at radius 2 is 1.56 bits per heavy atom. The van der Waals surface area contributed by atoms with Crippen LogP contribution >= 0.6 is 0 Å². The summed E-state index contributed by atoms with van der Waals surface area (Å²) in [4.78, 5) is 35.6. The first-order valence-corrected chi connectivity index (χ1v) is 11.5. The molecule has 0 saturated heterocycles. The third-order valence-electron chi connectivity index (χ3n) is 4.47. The fourth-order valence-electron chi connectivity index (χ4n) is 2.83. The molecule has 0 heterocycles. The molecule has 0 radical (unpaired) electrons. The van der Waals surface area contributed by atoms with Gasteiger partial charge in [0.1, 0.15) is 0 Å². The summed E-state index contributed by atoms with van der Waals surface area (Å²) in [5.74, 6) is -1.98. The van der Waals surface area contributed by atoms with E-state index in [1.165, 1.54) is 22.5 Å². The first kappa shape index (κ1) is 25.0. The van der Waals surface area contributed by atoms with Crippen LogP contribution in [0.1, 0.15) is 25.0 Å². The molecule has 2 amide bonds. The highest BCUT2D eigenvalue weighted by atomic mass is 32.2. The van der Waals surface area contributed by atoms with Crippen molar-refractivity contribution in [3.8, 4) is 0 Å². The molecule has 32 heavy (non-hydrogen) atoms. The molecule has 0 unspecified atom stereocenters. The van der Waals surface area contributed by atoms with E-state index >= 15 is 0 Å². The van der Waals surface area contributed by atoms with Crippen molar-refractivity contribution in [2.75, 3.05) is 19.7 Å². The average Bonchev–Trinajstić information content (AvgIpc) is 2.77. The van der Waals surface area contributed by atoms with Gasteiger partial charge in [0.25, 0.3) is 5.91 Å². The van der Waals surface area contributed by atoms with Gasteiger partial charge in [0, 0.05) is 19.2 Å². The molecule has 9 heteroatoms. The number of esters is 1.